The van der Waals surface area contributed by atoms with Crippen molar-refractivity contribution in [3.05, 3.63) is 83.4 Å². The van der Waals surface area contributed by atoms with Crippen LogP contribution in [0.3, 0.4) is 0 Å². The van der Waals surface area contributed by atoms with E-state index in [1.54, 1.807) is 35.2 Å². The molecule has 3 aliphatic rings. The number of anilines is 1. The molecule has 16 heteroatoms. The van der Waals surface area contributed by atoms with Gasteiger partial charge in [-0.25, -0.2) is 27.7 Å². The maximum atomic E-state index is 14.0. The Labute approximate surface area is 377 Å². The summed E-state index contributed by atoms with van der Waals surface area (Å²) in [6.45, 7) is 14.4. The van der Waals surface area contributed by atoms with Crippen LogP contribution in [-0.4, -0.2) is 86.6 Å². The van der Waals surface area contributed by atoms with E-state index in [4.69, 9.17) is 9.47 Å². The second-order valence-electron chi connectivity index (χ2n) is 19.1. The number of alkyl carbamates (subject to hydrolysis) is 1. The van der Waals surface area contributed by atoms with Crippen LogP contribution in [0.2, 0.25) is 0 Å². The van der Waals surface area contributed by atoms with Gasteiger partial charge >= 0.3 is 12.2 Å². The van der Waals surface area contributed by atoms with E-state index in [1.807, 2.05) is 84.9 Å². The summed E-state index contributed by atoms with van der Waals surface area (Å²) in [6, 6.07) is 19.8. The van der Waals surface area contributed by atoms with Gasteiger partial charge in [0, 0.05) is 55.2 Å². The van der Waals surface area contributed by atoms with Crippen LogP contribution in [0.5, 0.6) is 0 Å². The van der Waals surface area contributed by atoms with Gasteiger partial charge in [-0.3, -0.25) is 9.59 Å². The first-order valence-electron chi connectivity index (χ1n) is 22.2. The summed E-state index contributed by atoms with van der Waals surface area (Å²) < 4.78 is 40.6. The third-order valence-corrected chi connectivity index (χ3v) is 13.2. The average molecular weight is 898 g/mol. The lowest BCUT2D eigenvalue weighted by molar-refractivity contribution is -0.129. The van der Waals surface area contributed by atoms with Crippen LogP contribution in [-0.2, 0) is 35.5 Å². The molecule has 3 aromatic carbocycles. The summed E-state index contributed by atoms with van der Waals surface area (Å²) in [5.41, 5.74) is 3.61. The highest BCUT2D eigenvalue weighted by Crippen LogP contribution is 2.32. The Balaban J connectivity index is 1.09. The van der Waals surface area contributed by atoms with Gasteiger partial charge in [-0.05, 0) is 158 Å². The number of aryl methyl sites for hydroxylation is 1. The zero-order valence-corrected chi connectivity index (χ0v) is 38.9. The van der Waals surface area contributed by atoms with Crippen LogP contribution in [0, 0.1) is 24.7 Å². The number of ether oxygens (including phenoxy) is 2. The van der Waals surface area contributed by atoms with Gasteiger partial charge in [-0.15, -0.1) is 5.11 Å². The molecular formula is C48H63N7O8S. The second-order valence-corrected chi connectivity index (χ2v) is 20.9. The average Bonchev–Trinajstić information content (AvgIpc) is 3.78. The number of hydrogen-bond acceptors (Lipinski definition) is 11. The number of nitrogens with one attached hydrogen (secondary N) is 3. The molecule has 3 N–H and O–H groups in total. The molecule has 3 amide bonds. The number of likely N-dealkylation sites (tertiary alicyclic amines) is 1. The summed E-state index contributed by atoms with van der Waals surface area (Å²) in [6.07, 6.45) is 3.50. The first-order valence-corrected chi connectivity index (χ1v) is 23.7. The normalized spacial score (nSPS) is 18.8. The van der Waals surface area contributed by atoms with Crippen LogP contribution in [0.15, 0.2) is 86.8 Å². The Bertz CT molecular complexity index is 2320. The fraction of sp³-hybridized carbons (Fsp3) is 0.521. The zero-order valence-electron chi connectivity index (χ0n) is 38.1. The summed E-state index contributed by atoms with van der Waals surface area (Å²) in [5, 5.41) is 13.8. The van der Waals surface area contributed by atoms with E-state index in [-0.39, 0.29) is 40.9 Å². The highest BCUT2D eigenvalue weighted by Gasteiger charge is 2.32. The molecule has 6 rings (SSSR count). The SMILES string of the molecule is Cc1cc(S(=O)(=O)NC2CCN(C(=O)OC(C)(C)C)CC2)ccc1-c1ccc(C[C@H](CC(=O)C2CCC(CNC(=O)OC(C)(C)C)CC2)C(=O)Nc2ccc(C3=NCN=N3)cc2)cc1. The number of benzene rings is 3. The molecule has 0 aromatic heterocycles. The molecule has 1 aliphatic carbocycles. The predicted molar refractivity (Wildman–Crippen MR) is 246 cm³/mol. The van der Waals surface area contributed by atoms with Gasteiger partial charge in [0.05, 0.1) is 4.90 Å². The fourth-order valence-corrected chi connectivity index (χ4v) is 9.64. The van der Waals surface area contributed by atoms with Crippen LogP contribution in [0.4, 0.5) is 15.3 Å². The number of rotatable bonds is 14. The maximum absolute atomic E-state index is 14.0. The van der Waals surface area contributed by atoms with E-state index in [0.717, 1.165) is 40.7 Å². The van der Waals surface area contributed by atoms with Crippen molar-refractivity contribution in [1.82, 2.24) is 14.9 Å². The molecule has 0 bridgehead atoms. The summed E-state index contributed by atoms with van der Waals surface area (Å²) in [7, 11) is -3.82. The summed E-state index contributed by atoms with van der Waals surface area (Å²) in [5.74, 6) is -0.218. The minimum Gasteiger partial charge on any atom is -0.444 e. The largest absolute Gasteiger partial charge is 0.444 e. The van der Waals surface area contributed by atoms with Crippen molar-refractivity contribution in [3.8, 4) is 11.1 Å². The number of azo groups is 1. The first-order chi connectivity index (χ1) is 30.2. The van der Waals surface area contributed by atoms with Gasteiger partial charge < -0.3 is 25.0 Å². The van der Waals surface area contributed by atoms with Gasteiger partial charge in [0.15, 0.2) is 12.5 Å². The molecule has 3 aromatic rings. The van der Waals surface area contributed by atoms with Crippen LogP contribution in [0.25, 0.3) is 11.1 Å². The number of amides is 3. The van der Waals surface area contributed by atoms with Crippen molar-refractivity contribution in [2.75, 3.05) is 31.6 Å². The monoisotopic (exact) mass is 897 g/mol. The van der Waals surface area contributed by atoms with Gasteiger partial charge in [0.1, 0.15) is 17.0 Å². The third-order valence-electron chi connectivity index (χ3n) is 11.6. The lowest BCUT2D eigenvalue weighted by Crippen LogP contribution is -2.47. The minimum absolute atomic E-state index is 0.0571. The number of sulfonamides is 1. The molecule has 0 radical (unpaired) electrons. The lowest BCUT2D eigenvalue weighted by Gasteiger charge is -2.33. The van der Waals surface area contributed by atoms with Crippen molar-refractivity contribution < 1.29 is 37.1 Å². The number of piperidine rings is 1. The van der Waals surface area contributed by atoms with Gasteiger partial charge in [-0.1, -0.05) is 30.3 Å². The van der Waals surface area contributed by atoms with E-state index < -0.39 is 39.3 Å². The molecule has 0 spiro atoms. The second kappa shape index (κ2) is 20.6. The van der Waals surface area contributed by atoms with Crippen molar-refractivity contribution >= 4 is 45.4 Å². The summed E-state index contributed by atoms with van der Waals surface area (Å²) >= 11 is 0. The van der Waals surface area contributed by atoms with E-state index >= 15 is 0 Å². The van der Waals surface area contributed by atoms with Crippen molar-refractivity contribution in [1.29, 1.82) is 0 Å². The number of amidine groups is 1. The van der Waals surface area contributed by atoms with E-state index in [2.05, 4.69) is 30.6 Å². The smallest absolute Gasteiger partial charge is 0.410 e. The van der Waals surface area contributed by atoms with E-state index in [1.165, 1.54) is 0 Å². The Hall–Kier alpha value is -5.48. The number of carbonyl (C=O) groups excluding carboxylic acids is 4. The molecule has 64 heavy (non-hydrogen) atoms. The third kappa shape index (κ3) is 13.8. The number of hydrogen-bond donors (Lipinski definition) is 3. The van der Waals surface area contributed by atoms with Gasteiger partial charge in [0.2, 0.25) is 15.9 Å². The predicted octanol–water partition coefficient (Wildman–Crippen LogP) is 8.60. The highest BCUT2D eigenvalue weighted by molar-refractivity contribution is 7.89. The quantitative estimate of drug-likeness (QED) is 0.143. The molecule has 0 unspecified atom stereocenters. The lowest BCUT2D eigenvalue weighted by atomic mass is 9.77. The Kier molecular flexibility index (Phi) is 15.4. The molecule has 1 atom stereocenters. The minimum atomic E-state index is -3.82. The molecule has 2 aliphatic heterocycles. The number of ketones is 1. The first kappa shape index (κ1) is 48.0. The molecule has 1 saturated carbocycles. The number of nitrogens with zero attached hydrogens (tertiary/aromatic N) is 4. The van der Waals surface area contributed by atoms with Crippen LogP contribution >= 0.6 is 0 Å². The Morgan fingerprint density at radius 2 is 1.45 bits per heavy atom. The van der Waals surface area contributed by atoms with Crippen LogP contribution in [0.1, 0.15) is 103 Å². The zero-order chi connectivity index (χ0) is 46.2. The highest BCUT2D eigenvalue weighted by atomic mass is 32.2. The molecule has 2 heterocycles. The van der Waals surface area contributed by atoms with Crippen molar-refractivity contribution in [2.24, 2.45) is 33.0 Å². The molecule has 15 nitrogen and oxygen atoms in total. The number of aliphatic imine (C=N–C) groups is 1. The van der Waals surface area contributed by atoms with Crippen molar-refractivity contribution in [3.63, 3.8) is 0 Å². The van der Waals surface area contributed by atoms with E-state index in [0.29, 0.717) is 69.9 Å². The molecular weight excluding hydrogens is 835 g/mol. The van der Waals surface area contributed by atoms with E-state index in [9.17, 15) is 27.6 Å². The maximum Gasteiger partial charge on any atom is 0.410 e. The standard InChI is InChI=1S/C48H63N7O8S/c1-31-26-40(64(60,61)54-39-22-24-55(25-23-39)46(59)63-48(5,6)7)20-21-41(31)34-12-8-32(9-13-34)27-37(44(57)52-38-18-16-36(17-19-38)43-50-30-51-53-43)28-42(56)35-14-10-33(11-15-35)29-49-45(58)62-47(2,3)4/h8-9,12-13,16-21,26,33,35,37,39,54H,10-11,14-15,22-25,27-30H2,1-7H3,(H,49,58)(H,52,57)/t33?,35?,37-/m1/s1. The topological polar surface area (TPSA) is 197 Å². The molecule has 344 valence electrons. The van der Waals surface area contributed by atoms with Gasteiger partial charge in [0.25, 0.3) is 0 Å². The van der Waals surface area contributed by atoms with Crippen molar-refractivity contribution in [2.45, 2.75) is 122 Å². The Morgan fingerprint density at radius 3 is 2.05 bits per heavy atom. The van der Waals surface area contributed by atoms with Crippen LogP contribution < -0.4 is 15.4 Å². The summed E-state index contributed by atoms with van der Waals surface area (Å²) in [4.78, 5) is 58.6. The number of carbonyl (C=O) groups is 4. The fourth-order valence-electron chi connectivity index (χ4n) is 8.25. The molecule has 2 fully saturated rings. The van der Waals surface area contributed by atoms with Gasteiger partial charge in [-0.2, -0.15) is 5.11 Å². The molecule has 1 saturated heterocycles. The Morgan fingerprint density at radius 1 is 0.812 bits per heavy atom. The number of Topliss-reactive ketones (excluding diaryl/α,β-unsaturated/α-hetero) is 1.